The van der Waals surface area contributed by atoms with E-state index in [4.69, 9.17) is 0 Å². The van der Waals surface area contributed by atoms with Crippen LogP contribution in [0.25, 0.3) is 0 Å². The maximum absolute atomic E-state index is 12.7. The van der Waals surface area contributed by atoms with Gasteiger partial charge in [-0.25, -0.2) is 0 Å². The highest BCUT2D eigenvalue weighted by Gasteiger charge is 2.41. The fourth-order valence-electron chi connectivity index (χ4n) is 4.18. The van der Waals surface area contributed by atoms with Gasteiger partial charge in [-0.1, -0.05) is 5.21 Å². The van der Waals surface area contributed by atoms with Gasteiger partial charge in [0.15, 0.2) is 5.69 Å². The molecule has 132 valence electrons. The third-order valence-electron chi connectivity index (χ3n) is 5.73. The number of likely N-dealkylation sites (N-methyl/N-ethyl adjacent to an activating group) is 1. The Morgan fingerprint density at radius 2 is 2.08 bits per heavy atom. The minimum absolute atomic E-state index is 0.0335. The minimum Gasteiger partial charge on any atom is -0.335 e. The van der Waals surface area contributed by atoms with Crippen LogP contribution in [0.5, 0.6) is 0 Å². The predicted molar refractivity (Wildman–Crippen MR) is 89.8 cm³/mol. The molecule has 0 aromatic carbocycles. The summed E-state index contributed by atoms with van der Waals surface area (Å²) in [5, 5.41) is 11.6. The molecule has 4 heterocycles. The highest BCUT2D eigenvalue weighted by molar-refractivity contribution is 5.92. The normalized spacial score (nSPS) is 28.5. The summed E-state index contributed by atoms with van der Waals surface area (Å²) in [7, 11) is 2.16. The van der Waals surface area contributed by atoms with E-state index in [-0.39, 0.29) is 5.91 Å². The largest absolute Gasteiger partial charge is 0.335 e. The molecule has 1 aromatic heterocycles. The van der Waals surface area contributed by atoms with Crippen LogP contribution < -0.4 is 5.32 Å². The Hall–Kier alpha value is -1.51. The van der Waals surface area contributed by atoms with Gasteiger partial charge in [0.25, 0.3) is 5.91 Å². The van der Waals surface area contributed by atoms with Gasteiger partial charge >= 0.3 is 0 Å². The molecule has 3 fully saturated rings. The molecule has 0 saturated carbocycles. The van der Waals surface area contributed by atoms with Crippen LogP contribution in [0.3, 0.4) is 0 Å². The second kappa shape index (κ2) is 6.78. The van der Waals surface area contributed by atoms with E-state index in [0.29, 0.717) is 17.7 Å². The molecule has 24 heavy (non-hydrogen) atoms. The summed E-state index contributed by atoms with van der Waals surface area (Å²) in [5.74, 6) is 0.660. The zero-order chi connectivity index (χ0) is 16.5. The van der Waals surface area contributed by atoms with Gasteiger partial charge in [-0.05, 0) is 25.9 Å². The number of rotatable bonds is 4. The van der Waals surface area contributed by atoms with Crippen LogP contribution in [0.2, 0.25) is 0 Å². The van der Waals surface area contributed by atoms with Crippen molar-refractivity contribution in [3.63, 3.8) is 0 Å². The van der Waals surface area contributed by atoms with Gasteiger partial charge in [-0.2, -0.15) is 0 Å². The van der Waals surface area contributed by atoms with Gasteiger partial charge in [-0.3, -0.25) is 14.4 Å². The first-order chi connectivity index (χ1) is 11.7. The molecule has 8 heteroatoms. The van der Waals surface area contributed by atoms with E-state index in [0.717, 1.165) is 58.9 Å². The Labute approximate surface area is 142 Å². The highest BCUT2D eigenvalue weighted by atomic mass is 16.2. The Morgan fingerprint density at radius 1 is 1.25 bits per heavy atom. The summed E-state index contributed by atoms with van der Waals surface area (Å²) in [6, 6.07) is 0.525. The standard InChI is InChI=1S/C16H27N7O/c1-20-5-2-13-10-22(12-15(13)20)16(24)14-11-23(19-18-14)9-8-21-6-3-17-4-7-21/h11,13,15,17H,2-10,12H2,1H3/t13-,15+/m0/s1. The summed E-state index contributed by atoms with van der Waals surface area (Å²) >= 11 is 0. The number of hydrogen-bond acceptors (Lipinski definition) is 6. The van der Waals surface area contributed by atoms with Crippen molar-refractivity contribution in [2.24, 2.45) is 5.92 Å². The third-order valence-corrected chi connectivity index (χ3v) is 5.73. The van der Waals surface area contributed by atoms with Crippen LogP contribution in [-0.2, 0) is 6.54 Å². The van der Waals surface area contributed by atoms with Crippen molar-refractivity contribution >= 4 is 5.91 Å². The fourth-order valence-corrected chi connectivity index (χ4v) is 4.18. The second-order valence-electron chi connectivity index (χ2n) is 7.27. The average Bonchev–Trinajstić information content (AvgIpc) is 3.31. The van der Waals surface area contributed by atoms with Gasteiger partial charge in [0.2, 0.25) is 0 Å². The Balaban J connectivity index is 1.32. The zero-order valence-corrected chi connectivity index (χ0v) is 14.4. The van der Waals surface area contributed by atoms with E-state index < -0.39 is 0 Å². The highest BCUT2D eigenvalue weighted by Crippen LogP contribution is 2.30. The lowest BCUT2D eigenvalue weighted by Gasteiger charge is -2.26. The molecule has 2 atom stereocenters. The molecule has 0 aliphatic carbocycles. The van der Waals surface area contributed by atoms with Crippen LogP contribution in [0, 0.1) is 5.92 Å². The summed E-state index contributed by atoms with van der Waals surface area (Å²) in [6.07, 6.45) is 3.00. The second-order valence-corrected chi connectivity index (χ2v) is 7.27. The Morgan fingerprint density at radius 3 is 2.88 bits per heavy atom. The molecular formula is C16H27N7O. The van der Waals surface area contributed by atoms with Crippen molar-refractivity contribution in [1.29, 1.82) is 0 Å². The molecule has 3 aliphatic rings. The monoisotopic (exact) mass is 333 g/mol. The number of nitrogens with zero attached hydrogens (tertiary/aromatic N) is 6. The number of fused-ring (bicyclic) bond motifs is 1. The van der Waals surface area contributed by atoms with Crippen molar-refractivity contribution in [1.82, 2.24) is 35.0 Å². The van der Waals surface area contributed by atoms with Crippen molar-refractivity contribution < 1.29 is 4.79 Å². The molecule has 0 spiro atoms. The topological polar surface area (TPSA) is 69.5 Å². The first-order valence-electron chi connectivity index (χ1n) is 9.03. The molecule has 3 aliphatic heterocycles. The maximum atomic E-state index is 12.7. The minimum atomic E-state index is 0.0335. The quantitative estimate of drug-likeness (QED) is 0.759. The van der Waals surface area contributed by atoms with E-state index in [1.54, 1.807) is 4.68 Å². The Bertz CT molecular complexity index is 583. The SMILES string of the molecule is CN1CC[C@H]2CN(C(=O)c3cn(CCN4CCNCC4)nn3)C[C@H]21. The van der Waals surface area contributed by atoms with Crippen LogP contribution in [0.4, 0.5) is 0 Å². The summed E-state index contributed by atoms with van der Waals surface area (Å²) < 4.78 is 1.80. The Kier molecular flexibility index (Phi) is 4.51. The predicted octanol–water partition coefficient (Wildman–Crippen LogP) is -1.04. The van der Waals surface area contributed by atoms with E-state index >= 15 is 0 Å². The van der Waals surface area contributed by atoms with Crippen LogP contribution in [-0.4, -0.2) is 101 Å². The van der Waals surface area contributed by atoms with Gasteiger partial charge in [-0.15, -0.1) is 5.10 Å². The molecule has 0 radical (unpaired) electrons. The molecule has 1 N–H and O–H groups in total. The van der Waals surface area contributed by atoms with Crippen LogP contribution in [0.15, 0.2) is 6.20 Å². The van der Waals surface area contributed by atoms with Crippen LogP contribution >= 0.6 is 0 Å². The first-order valence-corrected chi connectivity index (χ1v) is 9.03. The maximum Gasteiger partial charge on any atom is 0.276 e. The number of nitrogens with one attached hydrogen (secondary N) is 1. The molecule has 3 saturated heterocycles. The van der Waals surface area contributed by atoms with E-state index in [2.05, 4.69) is 32.5 Å². The summed E-state index contributed by atoms with van der Waals surface area (Å²) in [6.45, 7) is 8.83. The number of carbonyl (C=O) groups excluding carboxylic acids is 1. The average molecular weight is 333 g/mol. The number of aromatic nitrogens is 3. The molecule has 1 amide bonds. The van der Waals surface area contributed by atoms with E-state index in [1.165, 1.54) is 6.42 Å². The van der Waals surface area contributed by atoms with Crippen molar-refractivity contribution in [2.75, 3.05) is 59.4 Å². The van der Waals surface area contributed by atoms with Gasteiger partial charge in [0.1, 0.15) is 0 Å². The fraction of sp³-hybridized carbons (Fsp3) is 0.812. The number of likely N-dealkylation sites (tertiary alicyclic amines) is 2. The van der Waals surface area contributed by atoms with E-state index in [9.17, 15) is 4.79 Å². The molecule has 0 unspecified atom stereocenters. The molecule has 4 rings (SSSR count). The van der Waals surface area contributed by atoms with Gasteiger partial charge < -0.3 is 15.1 Å². The lowest BCUT2D eigenvalue weighted by atomic mass is 10.1. The van der Waals surface area contributed by atoms with Crippen molar-refractivity contribution in [2.45, 2.75) is 19.0 Å². The lowest BCUT2D eigenvalue weighted by Crippen LogP contribution is -2.44. The number of hydrogen-bond donors (Lipinski definition) is 1. The first kappa shape index (κ1) is 16.0. The van der Waals surface area contributed by atoms with E-state index in [1.807, 2.05) is 11.1 Å². The number of carbonyl (C=O) groups is 1. The molecule has 0 bridgehead atoms. The van der Waals surface area contributed by atoms with Gasteiger partial charge in [0, 0.05) is 51.9 Å². The smallest absolute Gasteiger partial charge is 0.276 e. The molecule has 8 nitrogen and oxygen atoms in total. The lowest BCUT2D eigenvalue weighted by molar-refractivity contribution is 0.0768. The molecule has 1 aromatic rings. The number of amides is 1. The molecular weight excluding hydrogens is 306 g/mol. The van der Waals surface area contributed by atoms with Crippen molar-refractivity contribution in [3.8, 4) is 0 Å². The zero-order valence-electron chi connectivity index (χ0n) is 14.4. The van der Waals surface area contributed by atoms with Crippen LogP contribution in [0.1, 0.15) is 16.9 Å². The number of piperazine rings is 1. The van der Waals surface area contributed by atoms with Gasteiger partial charge in [0.05, 0.1) is 12.7 Å². The van der Waals surface area contributed by atoms with Crippen molar-refractivity contribution in [3.05, 3.63) is 11.9 Å². The summed E-state index contributed by atoms with van der Waals surface area (Å²) in [4.78, 5) is 19.4. The third kappa shape index (κ3) is 3.18. The summed E-state index contributed by atoms with van der Waals surface area (Å²) in [5.41, 5.74) is 0.484.